The molecule has 0 saturated heterocycles. The highest BCUT2D eigenvalue weighted by Crippen LogP contribution is 2.26. The van der Waals surface area contributed by atoms with Gasteiger partial charge < -0.3 is 5.11 Å². The lowest BCUT2D eigenvalue weighted by molar-refractivity contribution is -0.138. The molecule has 0 radical (unpaired) electrons. The molecule has 0 saturated carbocycles. The van der Waals surface area contributed by atoms with Gasteiger partial charge in [0.05, 0.1) is 4.90 Å². The average molecular weight is 340 g/mol. The van der Waals surface area contributed by atoms with Crippen molar-refractivity contribution < 1.29 is 27.1 Å². The third-order valence-electron chi connectivity index (χ3n) is 2.46. The molecule has 5 nitrogen and oxygen atoms in total. The van der Waals surface area contributed by atoms with Crippen LogP contribution in [0.4, 0.5) is 8.78 Å². The number of rotatable bonds is 7. The predicted molar refractivity (Wildman–Crippen MR) is 72.8 cm³/mol. The van der Waals surface area contributed by atoms with E-state index in [1.807, 2.05) is 4.72 Å². The van der Waals surface area contributed by atoms with Crippen LogP contribution in [0.15, 0.2) is 40.8 Å². The fraction of sp³-hybridized carbons (Fsp3) is 0.250. The number of alkyl halides is 2. The summed E-state index contributed by atoms with van der Waals surface area (Å²) < 4.78 is 51.6. The molecular weight excluding hydrogens is 328 g/mol. The maximum Gasteiger partial charge on any atom is 0.322 e. The normalized spacial score (nSPS) is 13.1. The van der Waals surface area contributed by atoms with E-state index >= 15 is 0 Å². The largest absolute Gasteiger partial charge is 0.480 e. The third kappa shape index (κ3) is 4.76. The van der Waals surface area contributed by atoms with E-state index in [0.29, 0.717) is 0 Å². The minimum Gasteiger partial charge on any atom is -0.480 e. The zero-order valence-corrected chi connectivity index (χ0v) is 12.2. The maximum atomic E-state index is 12.8. The average Bonchev–Trinajstić information content (AvgIpc) is 2.37. The van der Waals surface area contributed by atoms with Gasteiger partial charge in [-0.05, 0) is 6.07 Å². The number of benzene rings is 1. The van der Waals surface area contributed by atoms with Crippen molar-refractivity contribution in [3.63, 3.8) is 0 Å². The first-order chi connectivity index (χ1) is 9.65. The lowest BCUT2D eigenvalue weighted by atomic mass is 10.2. The number of hydrogen-bond donors (Lipinski definition) is 2. The molecule has 0 aliphatic heterocycles. The van der Waals surface area contributed by atoms with E-state index in [2.05, 4.69) is 6.58 Å². The van der Waals surface area contributed by atoms with Crippen molar-refractivity contribution in [2.45, 2.75) is 23.8 Å². The molecule has 9 heteroatoms. The van der Waals surface area contributed by atoms with E-state index in [1.165, 1.54) is 12.1 Å². The molecule has 0 aliphatic rings. The van der Waals surface area contributed by atoms with Gasteiger partial charge in [0.2, 0.25) is 10.0 Å². The van der Waals surface area contributed by atoms with Crippen LogP contribution in [-0.4, -0.2) is 25.5 Å². The highest BCUT2D eigenvalue weighted by molar-refractivity contribution is 7.89. The zero-order chi connectivity index (χ0) is 16.2. The second kappa shape index (κ2) is 6.97. The molecular formula is C12H12ClF2NO4S. The van der Waals surface area contributed by atoms with Crippen LogP contribution >= 0.6 is 11.6 Å². The number of carboxylic acids is 1. The number of halogens is 3. The van der Waals surface area contributed by atoms with Crippen LogP contribution in [0.2, 0.25) is 0 Å². The van der Waals surface area contributed by atoms with Gasteiger partial charge in [0.1, 0.15) is 6.04 Å². The molecule has 2 N–H and O–H groups in total. The minimum absolute atomic E-state index is 0.0766. The van der Waals surface area contributed by atoms with Gasteiger partial charge in [-0.15, -0.1) is 0 Å². The van der Waals surface area contributed by atoms with E-state index < -0.39 is 38.9 Å². The lowest BCUT2D eigenvalue weighted by Gasteiger charge is -2.16. The van der Waals surface area contributed by atoms with Crippen molar-refractivity contribution in [3.8, 4) is 0 Å². The maximum absolute atomic E-state index is 12.8. The molecule has 0 amide bonds. The molecule has 0 aromatic heterocycles. The standard InChI is InChI=1S/C12H12ClF2NO4S/c1-7(13)6-9(12(17)18)16-21(19,20)10-5-3-2-4-8(10)11(14)15/h2-5,9,11,16H,1,6H2,(H,17,18). The number of sulfonamides is 1. The van der Waals surface area contributed by atoms with Crippen molar-refractivity contribution in [1.29, 1.82) is 0 Å². The van der Waals surface area contributed by atoms with Crippen LogP contribution in [0, 0.1) is 0 Å². The first-order valence-corrected chi connectivity index (χ1v) is 7.46. The fourth-order valence-electron chi connectivity index (χ4n) is 1.56. The summed E-state index contributed by atoms with van der Waals surface area (Å²) in [7, 11) is -4.44. The van der Waals surface area contributed by atoms with Crippen molar-refractivity contribution in [2.24, 2.45) is 0 Å². The second-order valence-corrected chi connectivity index (χ2v) is 6.29. The first-order valence-electron chi connectivity index (χ1n) is 5.60. The van der Waals surface area contributed by atoms with Gasteiger partial charge in [0.25, 0.3) is 6.43 Å². The number of aliphatic carboxylic acids is 1. The molecule has 0 aliphatic carbocycles. The van der Waals surface area contributed by atoms with E-state index in [9.17, 15) is 22.0 Å². The summed E-state index contributed by atoms with van der Waals surface area (Å²) in [6.07, 6.45) is -3.38. The molecule has 0 spiro atoms. The Morgan fingerprint density at radius 2 is 1.95 bits per heavy atom. The van der Waals surface area contributed by atoms with Crippen LogP contribution in [-0.2, 0) is 14.8 Å². The molecule has 1 aromatic rings. The number of carbonyl (C=O) groups is 1. The smallest absolute Gasteiger partial charge is 0.322 e. The summed E-state index contributed by atoms with van der Waals surface area (Å²) >= 11 is 5.46. The fourth-order valence-corrected chi connectivity index (χ4v) is 3.12. The van der Waals surface area contributed by atoms with Gasteiger partial charge in [0, 0.05) is 17.0 Å². The molecule has 21 heavy (non-hydrogen) atoms. The predicted octanol–water partition coefficient (Wildman–Crippen LogP) is 2.50. The van der Waals surface area contributed by atoms with Crippen molar-refractivity contribution >= 4 is 27.6 Å². The Morgan fingerprint density at radius 1 is 1.38 bits per heavy atom. The van der Waals surface area contributed by atoms with Gasteiger partial charge >= 0.3 is 5.97 Å². The van der Waals surface area contributed by atoms with E-state index in [0.717, 1.165) is 12.1 Å². The minimum atomic E-state index is -4.44. The van der Waals surface area contributed by atoms with Crippen molar-refractivity contribution in [2.75, 3.05) is 0 Å². The van der Waals surface area contributed by atoms with Gasteiger partial charge in [-0.1, -0.05) is 36.4 Å². The van der Waals surface area contributed by atoms with Crippen LogP contribution in [0.3, 0.4) is 0 Å². The van der Waals surface area contributed by atoms with Gasteiger partial charge in [-0.3, -0.25) is 4.79 Å². The summed E-state index contributed by atoms with van der Waals surface area (Å²) in [6.45, 7) is 3.27. The number of carboxylic acid groups (broad SMARTS) is 1. The monoisotopic (exact) mass is 339 g/mol. The Bertz CT molecular complexity index is 648. The van der Waals surface area contributed by atoms with Gasteiger partial charge in [0.15, 0.2) is 0 Å². The lowest BCUT2D eigenvalue weighted by Crippen LogP contribution is -2.41. The molecule has 1 aromatic carbocycles. The van der Waals surface area contributed by atoms with Crippen molar-refractivity contribution in [3.05, 3.63) is 41.4 Å². The molecule has 1 rings (SSSR count). The molecule has 0 bridgehead atoms. The number of nitrogens with one attached hydrogen (secondary N) is 1. The van der Waals surface area contributed by atoms with Crippen LogP contribution in [0.5, 0.6) is 0 Å². The second-order valence-electron chi connectivity index (χ2n) is 4.07. The Kier molecular flexibility index (Phi) is 5.82. The van der Waals surface area contributed by atoms with Crippen LogP contribution in [0.1, 0.15) is 18.4 Å². The van der Waals surface area contributed by atoms with Crippen molar-refractivity contribution in [1.82, 2.24) is 4.72 Å². The van der Waals surface area contributed by atoms with Crippen LogP contribution in [0.25, 0.3) is 0 Å². The third-order valence-corrected chi connectivity index (χ3v) is 4.16. The molecule has 1 unspecified atom stereocenters. The Hall–Kier alpha value is -1.51. The molecule has 1 atom stereocenters. The molecule has 0 fully saturated rings. The van der Waals surface area contributed by atoms with E-state index in [1.54, 1.807) is 0 Å². The van der Waals surface area contributed by atoms with Gasteiger partial charge in [-0.2, -0.15) is 4.72 Å². The summed E-state index contributed by atoms with van der Waals surface area (Å²) in [5.41, 5.74) is -0.709. The van der Waals surface area contributed by atoms with Crippen LogP contribution < -0.4 is 4.72 Å². The summed E-state index contributed by atoms with van der Waals surface area (Å²) in [4.78, 5) is 10.3. The van der Waals surface area contributed by atoms with E-state index in [4.69, 9.17) is 16.7 Å². The molecule has 0 heterocycles. The Morgan fingerprint density at radius 3 is 2.43 bits per heavy atom. The SMILES string of the molecule is C=C(Cl)CC(NS(=O)(=O)c1ccccc1C(F)F)C(=O)O. The highest BCUT2D eigenvalue weighted by Gasteiger charge is 2.29. The quantitative estimate of drug-likeness (QED) is 0.799. The van der Waals surface area contributed by atoms with Gasteiger partial charge in [-0.25, -0.2) is 17.2 Å². The molecule has 116 valence electrons. The number of hydrogen-bond acceptors (Lipinski definition) is 3. The highest BCUT2D eigenvalue weighted by atomic mass is 35.5. The Balaban J connectivity index is 3.17. The first kappa shape index (κ1) is 17.5. The topological polar surface area (TPSA) is 83.5 Å². The van der Waals surface area contributed by atoms with E-state index in [-0.39, 0.29) is 11.5 Å². The summed E-state index contributed by atoms with van der Waals surface area (Å²) in [5.74, 6) is -1.49. The zero-order valence-electron chi connectivity index (χ0n) is 10.6. The Labute approximate surface area is 125 Å². The summed E-state index contributed by atoms with van der Waals surface area (Å²) in [6, 6.07) is 2.85. The summed E-state index contributed by atoms with van der Waals surface area (Å²) in [5, 5.41) is 8.86.